The largest absolute Gasteiger partial charge is 0.491 e. The highest BCUT2D eigenvalue weighted by atomic mass is 19.2. The predicted molar refractivity (Wildman–Crippen MR) is 113 cm³/mol. The molecule has 1 saturated carbocycles. The van der Waals surface area contributed by atoms with Gasteiger partial charge < -0.3 is 4.74 Å². The van der Waals surface area contributed by atoms with Gasteiger partial charge in [0.1, 0.15) is 0 Å². The van der Waals surface area contributed by atoms with Crippen LogP contribution in [0.25, 0.3) is 11.7 Å². The zero-order valence-corrected chi connectivity index (χ0v) is 17.5. The zero-order chi connectivity index (χ0) is 21.7. The van der Waals surface area contributed by atoms with Crippen molar-refractivity contribution in [3.8, 4) is 5.75 Å². The molecule has 162 valence electrons. The van der Waals surface area contributed by atoms with E-state index in [0.717, 1.165) is 36.5 Å². The van der Waals surface area contributed by atoms with Gasteiger partial charge in [0.15, 0.2) is 23.2 Å². The summed E-state index contributed by atoms with van der Waals surface area (Å²) in [5, 5.41) is 0. The molecule has 1 fully saturated rings. The van der Waals surface area contributed by atoms with Crippen LogP contribution in [0.2, 0.25) is 0 Å². The van der Waals surface area contributed by atoms with Crippen molar-refractivity contribution in [1.82, 2.24) is 0 Å². The number of benzene rings is 2. The van der Waals surface area contributed by atoms with Crippen LogP contribution in [-0.4, -0.2) is 6.61 Å². The molecule has 0 saturated heterocycles. The summed E-state index contributed by atoms with van der Waals surface area (Å²) in [5.41, 5.74) is 0.358. The van der Waals surface area contributed by atoms with E-state index in [-0.39, 0.29) is 17.9 Å². The van der Waals surface area contributed by atoms with Crippen LogP contribution in [0.5, 0.6) is 5.75 Å². The number of hydrogen-bond acceptors (Lipinski definition) is 1. The Kier molecular flexibility index (Phi) is 7.57. The molecule has 30 heavy (non-hydrogen) atoms. The minimum absolute atomic E-state index is 0.00427. The topological polar surface area (TPSA) is 9.23 Å². The maximum absolute atomic E-state index is 14.7. The summed E-state index contributed by atoms with van der Waals surface area (Å²) in [6.07, 6.45) is 7.09. The molecule has 0 amide bonds. The maximum Gasteiger partial charge on any atom is 0.201 e. The third kappa shape index (κ3) is 4.88. The van der Waals surface area contributed by atoms with E-state index in [0.29, 0.717) is 5.92 Å². The lowest BCUT2D eigenvalue weighted by molar-refractivity contribution is 0.308. The van der Waals surface area contributed by atoms with E-state index in [1.807, 2.05) is 12.1 Å². The van der Waals surface area contributed by atoms with Gasteiger partial charge in [0.05, 0.1) is 12.2 Å². The number of halogens is 4. The molecule has 0 aromatic heterocycles. The highest BCUT2D eigenvalue weighted by Gasteiger charge is 2.23. The van der Waals surface area contributed by atoms with E-state index >= 15 is 0 Å². The molecule has 0 atom stereocenters. The SMILES string of the molecule is CCCC1CCC(c2ccc(/C(F)=C(\F)c3ccc(OCC)c(F)c3F)cc2)CC1. The fourth-order valence-corrected chi connectivity index (χ4v) is 4.31. The molecule has 1 nitrogen and oxygen atoms in total. The zero-order valence-electron chi connectivity index (χ0n) is 17.5. The van der Waals surface area contributed by atoms with Crippen molar-refractivity contribution >= 4 is 11.7 Å². The van der Waals surface area contributed by atoms with E-state index in [1.54, 1.807) is 6.92 Å². The van der Waals surface area contributed by atoms with Crippen LogP contribution in [0.3, 0.4) is 0 Å². The third-order valence-electron chi connectivity index (χ3n) is 5.96. The Morgan fingerprint density at radius 1 is 0.867 bits per heavy atom. The van der Waals surface area contributed by atoms with Crippen LogP contribution in [0, 0.1) is 17.6 Å². The second-order valence-corrected chi connectivity index (χ2v) is 7.93. The summed E-state index contributed by atoms with van der Waals surface area (Å²) in [5.74, 6) is -4.53. The smallest absolute Gasteiger partial charge is 0.201 e. The average molecular weight is 420 g/mol. The summed E-state index contributed by atoms with van der Waals surface area (Å²) in [6.45, 7) is 3.96. The molecule has 1 aliphatic rings. The second-order valence-electron chi connectivity index (χ2n) is 7.93. The predicted octanol–water partition coefficient (Wildman–Crippen LogP) is 8.20. The number of ether oxygens (including phenoxy) is 1. The Hall–Kier alpha value is -2.30. The van der Waals surface area contributed by atoms with Crippen LogP contribution in [0.4, 0.5) is 17.6 Å². The lowest BCUT2D eigenvalue weighted by Crippen LogP contribution is -2.13. The van der Waals surface area contributed by atoms with Gasteiger partial charge in [0.2, 0.25) is 5.82 Å². The Morgan fingerprint density at radius 3 is 2.13 bits per heavy atom. The first-order valence-electron chi connectivity index (χ1n) is 10.7. The fourth-order valence-electron chi connectivity index (χ4n) is 4.31. The summed E-state index contributed by atoms with van der Waals surface area (Å²) >= 11 is 0. The molecule has 2 aromatic rings. The van der Waals surface area contributed by atoms with Gasteiger partial charge >= 0.3 is 0 Å². The van der Waals surface area contributed by atoms with E-state index in [1.165, 1.54) is 37.8 Å². The van der Waals surface area contributed by atoms with Crippen molar-refractivity contribution < 1.29 is 22.3 Å². The van der Waals surface area contributed by atoms with Gasteiger partial charge in [-0.25, -0.2) is 13.2 Å². The Morgan fingerprint density at radius 2 is 1.53 bits per heavy atom. The van der Waals surface area contributed by atoms with Gasteiger partial charge in [-0.05, 0) is 62.1 Å². The fraction of sp³-hybridized carbons (Fsp3) is 0.440. The standard InChI is InChI=1S/C25H28F4O/c1-3-5-16-6-8-17(9-7-16)18-10-12-19(13-11-18)22(26)23(27)20-14-15-21(30-4-2)25(29)24(20)28/h10-17H,3-9H2,1-2H3/b23-22+. The van der Waals surface area contributed by atoms with Gasteiger partial charge in [-0.15, -0.1) is 0 Å². The van der Waals surface area contributed by atoms with Crippen molar-refractivity contribution in [2.75, 3.05) is 6.61 Å². The van der Waals surface area contributed by atoms with Gasteiger partial charge in [-0.1, -0.05) is 44.0 Å². The van der Waals surface area contributed by atoms with Crippen molar-refractivity contribution in [3.05, 3.63) is 64.7 Å². The minimum atomic E-state index is -1.46. The molecule has 5 heteroatoms. The molecular weight excluding hydrogens is 392 g/mol. The van der Waals surface area contributed by atoms with Crippen molar-refractivity contribution in [1.29, 1.82) is 0 Å². The first-order chi connectivity index (χ1) is 14.5. The molecule has 0 bridgehead atoms. The van der Waals surface area contributed by atoms with Crippen LogP contribution < -0.4 is 4.74 Å². The van der Waals surface area contributed by atoms with Crippen LogP contribution >= 0.6 is 0 Å². The second kappa shape index (κ2) is 10.1. The van der Waals surface area contributed by atoms with Crippen molar-refractivity contribution in [2.24, 2.45) is 5.92 Å². The van der Waals surface area contributed by atoms with Gasteiger partial charge in [-0.3, -0.25) is 0 Å². The molecule has 0 N–H and O–H groups in total. The molecule has 0 aliphatic heterocycles. The highest BCUT2D eigenvalue weighted by molar-refractivity contribution is 5.83. The molecule has 0 heterocycles. The molecule has 3 rings (SSSR count). The van der Waals surface area contributed by atoms with Crippen LogP contribution in [0.1, 0.15) is 75.0 Å². The Balaban J connectivity index is 1.77. The van der Waals surface area contributed by atoms with E-state index < -0.39 is 28.9 Å². The summed E-state index contributed by atoms with van der Waals surface area (Å²) < 4.78 is 62.4. The summed E-state index contributed by atoms with van der Waals surface area (Å²) in [4.78, 5) is 0. The summed E-state index contributed by atoms with van der Waals surface area (Å²) in [6, 6.07) is 8.71. The lowest BCUT2D eigenvalue weighted by Gasteiger charge is -2.28. The summed E-state index contributed by atoms with van der Waals surface area (Å²) in [7, 11) is 0. The monoisotopic (exact) mass is 420 g/mol. The first-order valence-corrected chi connectivity index (χ1v) is 10.7. The van der Waals surface area contributed by atoms with E-state index in [2.05, 4.69) is 6.92 Å². The van der Waals surface area contributed by atoms with Gasteiger partial charge in [0, 0.05) is 5.56 Å². The highest BCUT2D eigenvalue weighted by Crippen LogP contribution is 2.38. The quantitative estimate of drug-likeness (QED) is 0.324. The van der Waals surface area contributed by atoms with Crippen molar-refractivity contribution in [2.45, 2.75) is 58.3 Å². The molecule has 0 radical (unpaired) electrons. The average Bonchev–Trinajstić information content (AvgIpc) is 2.77. The Labute approximate surface area is 175 Å². The normalized spacial score (nSPS) is 20.1. The lowest BCUT2D eigenvalue weighted by atomic mass is 9.77. The van der Waals surface area contributed by atoms with E-state index in [4.69, 9.17) is 4.74 Å². The van der Waals surface area contributed by atoms with Gasteiger partial charge in [0.25, 0.3) is 0 Å². The minimum Gasteiger partial charge on any atom is -0.491 e. The Bertz CT molecular complexity index is 881. The maximum atomic E-state index is 14.7. The molecule has 0 spiro atoms. The van der Waals surface area contributed by atoms with Crippen molar-refractivity contribution in [3.63, 3.8) is 0 Å². The molecule has 2 aromatic carbocycles. The first kappa shape index (κ1) is 22.4. The molecule has 0 unspecified atom stereocenters. The number of hydrogen-bond donors (Lipinski definition) is 0. The third-order valence-corrected chi connectivity index (χ3v) is 5.96. The molecule has 1 aliphatic carbocycles. The molecular formula is C25H28F4O. The van der Waals surface area contributed by atoms with E-state index in [9.17, 15) is 17.6 Å². The van der Waals surface area contributed by atoms with Gasteiger partial charge in [-0.2, -0.15) is 4.39 Å². The van der Waals surface area contributed by atoms with Crippen LogP contribution in [0.15, 0.2) is 36.4 Å². The van der Waals surface area contributed by atoms with Crippen LogP contribution in [-0.2, 0) is 0 Å². The number of rotatable bonds is 7.